The minimum atomic E-state index is -0.0495. The molecule has 0 unspecified atom stereocenters. The molecule has 100 valence electrons. The Kier molecular flexibility index (Phi) is 4.10. The maximum atomic E-state index is 12.0. The van der Waals surface area contributed by atoms with E-state index in [1.54, 1.807) is 0 Å². The number of nitrogens with zero attached hydrogens (tertiary/aromatic N) is 2. The third kappa shape index (κ3) is 2.73. The summed E-state index contributed by atoms with van der Waals surface area (Å²) in [5.41, 5.74) is 4.90. The van der Waals surface area contributed by atoms with Crippen molar-refractivity contribution in [3.8, 4) is 11.3 Å². The van der Waals surface area contributed by atoms with Gasteiger partial charge in [0.2, 0.25) is 0 Å². The van der Waals surface area contributed by atoms with Gasteiger partial charge in [0.05, 0.1) is 5.69 Å². The maximum Gasteiger partial charge on any atom is 0.270 e. The number of rotatable bonds is 3. The zero-order valence-electron chi connectivity index (χ0n) is 11.5. The highest BCUT2D eigenvalue weighted by Gasteiger charge is 2.10. The molecule has 1 aromatic carbocycles. The lowest BCUT2D eigenvalue weighted by Gasteiger charge is -2.10. The van der Waals surface area contributed by atoms with Gasteiger partial charge >= 0.3 is 0 Å². The second-order valence-electron chi connectivity index (χ2n) is 4.65. The largest absolute Gasteiger partial charge is 0.270 e. The molecule has 0 N–H and O–H groups in total. The Morgan fingerprint density at radius 2 is 2.00 bits per heavy atom. The molecule has 2 aromatic rings. The first-order chi connectivity index (χ1) is 9.06. The van der Waals surface area contributed by atoms with E-state index in [0.717, 1.165) is 16.8 Å². The van der Waals surface area contributed by atoms with Crippen LogP contribution in [0.2, 0.25) is 0 Å². The van der Waals surface area contributed by atoms with E-state index in [9.17, 15) is 4.79 Å². The smallest absolute Gasteiger partial charge is 0.267 e. The molecule has 19 heavy (non-hydrogen) atoms. The van der Waals surface area contributed by atoms with Crippen LogP contribution in [-0.4, -0.2) is 9.78 Å². The molecule has 2 rings (SSSR count). The molecule has 0 fully saturated rings. The topological polar surface area (TPSA) is 34.9 Å². The van der Waals surface area contributed by atoms with E-state index in [1.165, 1.54) is 10.2 Å². The summed E-state index contributed by atoms with van der Waals surface area (Å²) in [6, 6.07) is 8.11. The van der Waals surface area contributed by atoms with Gasteiger partial charge < -0.3 is 0 Å². The first kappa shape index (κ1) is 13.9. The molecule has 1 aromatic heterocycles. The number of hydrogen-bond donors (Lipinski definition) is 1. The molecule has 0 saturated heterocycles. The van der Waals surface area contributed by atoms with Crippen LogP contribution in [0.25, 0.3) is 11.3 Å². The predicted octanol–water partition coefficient (Wildman–Crippen LogP) is 2.98. The summed E-state index contributed by atoms with van der Waals surface area (Å²) in [5.74, 6) is 0.430. The lowest BCUT2D eigenvalue weighted by Crippen LogP contribution is -2.25. The van der Waals surface area contributed by atoms with Crippen LogP contribution in [0.1, 0.15) is 23.6 Å². The molecule has 0 spiro atoms. The third-order valence-electron chi connectivity index (χ3n) is 3.19. The lowest BCUT2D eigenvalue weighted by molar-refractivity contribution is 0.614. The molecule has 3 nitrogen and oxygen atoms in total. The van der Waals surface area contributed by atoms with Crippen LogP contribution < -0.4 is 5.56 Å². The summed E-state index contributed by atoms with van der Waals surface area (Å²) in [5, 5.41) is 4.44. The van der Waals surface area contributed by atoms with Crippen molar-refractivity contribution in [2.45, 2.75) is 33.1 Å². The highest BCUT2D eigenvalue weighted by molar-refractivity contribution is 7.79. The van der Waals surface area contributed by atoms with Crippen LogP contribution >= 0.6 is 12.6 Å². The van der Waals surface area contributed by atoms with E-state index in [2.05, 4.69) is 49.8 Å². The quantitative estimate of drug-likeness (QED) is 0.873. The molecular weight excluding hydrogens is 256 g/mol. The monoisotopic (exact) mass is 274 g/mol. The number of thiol groups is 1. The average molecular weight is 274 g/mol. The van der Waals surface area contributed by atoms with Crippen molar-refractivity contribution >= 4 is 12.6 Å². The fourth-order valence-electron chi connectivity index (χ4n) is 2.07. The van der Waals surface area contributed by atoms with Crippen LogP contribution in [0.4, 0.5) is 0 Å². The maximum absolute atomic E-state index is 12.0. The fraction of sp³-hybridized carbons (Fsp3) is 0.333. The summed E-state index contributed by atoms with van der Waals surface area (Å²) >= 11 is 4.23. The number of aromatic nitrogens is 2. The molecule has 0 amide bonds. The van der Waals surface area contributed by atoms with Crippen molar-refractivity contribution in [2.75, 3.05) is 0 Å². The number of hydrogen-bond acceptors (Lipinski definition) is 3. The Bertz CT molecular complexity index is 633. The molecule has 0 radical (unpaired) electrons. The second-order valence-corrected chi connectivity index (χ2v) is 4.97. The first-order valence-electron chi connectivity index (χ1n) is 6.36. The van der Waals surface area contributed by atoms with E-state index in [0.29, 0.717) is 17.9 Å². The van der Waals surface area contributed by atoms with Gasteiger partial charge in [-0.25, -0.2) is 4.68 Å². The third-order valence-corrected chi connectivity index (χ3v) is 3.53. The van der Waals surface area contributed by atoms with E-state index in [-0.39, 0.29) is 5.56 Å². The predicted molar refractivity (Wildman–Crippen MR) is 81.8 cm³/mol. The molecular formula is C15H18N2OS. The molecule has 0 aliphatic carbocycles. The Balaban J connectivity index is 2.68. The lowest BCUT2D eigenvalue weighted by atomic mass is 10.0. The molecule has 1 heterocycles. The van der Waals surface area contributed by atoms with Gasteiger partial charge in [0.25, 0.3) is 5.56 Å². The van der Waals surface area contributed by atoms with Crippen molar-refractivity contribution in [1.82, 2.24) is 9.78 Å². The van der Waals surface area contributed by atoms with Gasteiger partial charge in [-0.1, -0.05) is 17.7 Å². The minimum Gasteiger partial charge on any atom is -0.267 e. The van der Waals surface area contributed by atoms with Crippen LogP contribution in [0.3, 0.4) is 0 Å². The Hall–Kier alpha value is -1.55. The zero-order valence-corrected chi connectivity index (χ0v) is 12.4. The summed E-state index contributed by atoms with van der Waals surface area (Å²) in [7, 11) is 0. The molecule has 0 aliphatic heterocycles. The number of aryl methyl sites for hydroxylation is 3. The van der Waals surface area contributed by atoms with Crippen molar-refractivity contribution in [2.24, 2.45) is 0 Å². The second kappa shape index (κ2) is 5.61. The Morgan fingerprint density at radius 1 is 1.26 bits per heavy atom. The van der Waals surface area contributed by atoms with Gasteiger partial charge in [-0.15, -0.1) is 0 Å². The van der Waals surface area contributed by atoms with Gasteiger partial charge in [-0.05, 0) is 38.5 Å². The zero-order chi connectivity index (χ0) is 14.0. The van der Waals surface area contributed by atoms with Crippen LogP contribution in [-0.2, 0) is 12.3 Å². The van der Waals surface area contributed by atoms with Gasteiger partial charge in [0.15, 0.2) is 0 Å². The van der Waals surface area contributed by atoms with Crippen molar-refractivity contribution < 1.29 is 0 Å². The van der Waals surface area contributed by atoms with E-state index in [4.69, 9.17) is 0 Å². The minimum absolute atomic E-state index is 0.0495. The summed E-state index contributed by atoms with van der Waals surface area (Å²) < 4.78 is 1.50. The molecule has 0 bridgehead atoms. The van der Waals surface area contributed by atoms with Crippen LogP contribution in [0.5, 0.6) is 0 Å². The van der Waals surface area contributed by atoms with E-state index >= 15 is 0 Å². The van der Waals surface area contributed by atoms with E-state index in [1.807, 2.05) is 13.0 Å². The SMILES string of the molecule is CCn1nc(-c2cc(C)ccc2C)cc(CS)c1=O. The van der Waals surface area contributed by atoms with Gasteiger partial charge in [-0.3, -0.25) is 4.79 Å². The Labute approximate surface area is 118 Å². The molecule has 0 aliphatic rings. The first-order valence-corrected chi connectivity index (χ1v) is 6.99. The summed E-state index contributed by atoms with van der Waals surface area (Å²) in [4.78, 5) is 12.0. The van der Waals surface area contributed by atoms with Crippen LogP contribution in [0, 0.1) is 13.8 Å². The van der Waals surface area contributed by atoms with Gasteiger partial charge in [-0.2, -0.15) is 17.7 Å². The molecule has 0 saturated carbocycles. The van der Waals surface area contributed by atoms with Crippen molar-refractivity contribution in [3.05, 3.63) is 51.3 Å². The summed E-state index contributed by atoms with van der Waals surface area (Å²) in [6.45, 7) is 6.60. The van der Waals surface area contributed by atoms with E-state index < -0.39 is 0 Å². The average Bonchev–Trinajstić information content (AvgIpc) is 2.42. The van der Waals surface area contributed by atoms with Crippen LogP contribution in [0.15, 0.2) is 29.1 Å². The highest BCUT2D eigenvalue weighted by Crippen LogP contribution is 2.22. The molecule has 0 atom stereocenters. The van der Waals surface area contributed by atoms with Crippen molar-refractivity contribution in [1.29, 1.82) is 0 Å². The molecule has 4 heteroatoms. The number of benzene rings is 1. The Morgan fingerprint density at radius 3 is 2.63 bits per heavy atom. The van der Waals surface area contributed by atoms with Gasteiger partial charge in [0.1, 0.15) is 0 Å². The highest BCUT2D eigenvalue weighted by atomic mass is 32.1. The normalized spacial score (nSPS) is 10.7. The van der Waals surface area contributed by atoms with Crippen molar-refractivity contribution in [3.63, 3.8) is 0 Å². The standard InChI is InChI=1S/C15H18N2OS/c1-4-17-15(18)12(9-19)8-14(16-17)13-7-10(2)5-6-11(13)3/h5-8,19H,4,9H2,1-3H3. The fourth-order valence-corrected chi connectivity index (χ4v) is 2.29. The van der Waals surface area contributed by atoms with Gasteiger partial charge in [0, 0.05) is 23.4 Å². The summed E-state index contributed by atoms with van der Waals surface area (Å²) in [6.07, 6.45) is 0.